The molecule has 0 saturated heterocycles. The molecule has 1 N–H and O–H groups in total. The van der Waals surface area contributed by atoms with E-state index in [2.05, 4.69) is 19.3 Å². The molecule has 0 radical (unpaired) electrons. The van der Waals surface area contributed by atoms with E-state index in [0.29, 0.717) is 12.2 Å². The Balaban J connectivity index is 1.89. The third-order valence-corrected chi connectivity index (χ3v) is 7.67. The third kappa shape index (κ3) is 16.7. The molecule has 0 unspecified atom stereocenters. The molecule has 0 amide bonds. The Bertz CT molecular complexity index is 822. The summed E-state index contributed by atoms with van der Waals surface area (Å²) >= 11 is 0. The second-order valence-electron chi connectivity index (χ2n) is 11.4. The lowest BCUT2D eigenvalue weighted by atomic mass is 10.0. The van der Waals surface area contributed by atoms with E-state index in [4.69, 9.17) is 9.57 Å². The molecule has 0 saturated carbocycles. The van der Waals surface area contributed by atoms with E-state index in [9.17, 15) is 4.79 Å². The van der Waals surface area contributed by atoms with Crippen molar-refractivity contribution < 1.29 is 14.4 Å². The van der Waals surface area contributed by atoms with Gasteiger partial charge in [-0.2, -0.15) is 0 Å². The molecule has 2 aromatic rings. The highest BCUT2D eigenvalue weighted by atomic mass is 16.7. The summed E-state index contributed by atoms with van der Waals surface area (Å²) in [4.78, 5) is 19.3. The predicted molar refractivity (Wildman–Crippen MR) is 168 cm³/mol. The van der Waals surface area contributed by atoms with Crippen molar-refractivity contribution >= 4 is 5.97 Å². The molecule has 0 aliphatic heterocycles. The standard InChI is InChI=1S/C36H57NO3/c1-3-5-7-9-11-13-15-21-27-33(28-22-16-14-12-10-8-6-4-2)39-36(38)35(31-32-25-19-17-20-26-32)37-40-34-29-23-18-24-30-34/h17-20,23-26,29-30,33,35,37H,3-16,21-22,27-28,31H2,1-2H3/t35-/m0/s1. The van der Waals surface area contributed by atoms with Crippen molar-refractivity contribution in [3.63, 3.8) is 0 Å². The number of hydrogen-bond donors (Lipinski definition) is 1. The molecular weight excluding hydrogens is 494 g/mol. The van der Waals surface area contributed by atoms with Crippen LogP contribution < -0.4 is 10.3 Å². The number of benzene rings is 2. The summed E-state index contributed by atoms with van der Waals surface area (Å²) in [6.07, 6.45) is 23.0. The molecule has 0 fully saturated rings. The zero-order valence-corrected chi connectivity index (χ0v) is 25.6. The summed E-state index contributed by atoms with van der Waals surface area (Å²) < 4.78 is 6.21. The normalized spacial score (nSPS) is 12.0. The van der Waals surface area contributed by atoms with Crippen molar-refractivity contribution in [1.82, 2.24) is 5.48 Å². The van der Waals surface area contributed by atoms with Gasteiger partial charge in [0.15, 0.2) is 0 Å². The SMILES string of the molecule is CCCCCCCCCCC(CCCCCCCCCC)OC(=O)[C@H](Cc1ccccc1)NOc1ccccc1. The van der Waals surface area contributed by atoms with Gasteiger partial charge in [-0.05, 0) is 43.4 Å². The van der Waals surface area contributed by atoms with Crippen LogP contribution in [0.15, 0.2) is 60.7 Å². The van der Waals surface area contributed by atoms with Gasteiger partial charge in [0.1, 0.15) is 17.9 Å². The zero-order valence-electron chi connectivity index (χ0n) is 25.6. The molecular formula is C36H57NO3. The summed E-state index contributed by atoms with van der Waals surface area (Å²) in [6, 6.07) is 19.1. The first-order valence-corrected chi connectivity index (χ1v) is 16.4. The number of carbonyl (C=O) groups excluding carboxylic acids is 1. The van der Waals surface area contributed by atoms with Crippen LogP contribution >= 0.6 is 0 Å². The number of carbonyl (C=O) groups is 1. The molecule has 0 bridgehead atoms. The Kier molecular flexibility index (Phi) is 19.8. The molecule has 224 valence electrons. The number of nitrogens with one attached hydrogen (secondary N) is 1. The maximum Gasteiger partial charge on any atom is 0.327 e. The molecule has 0 aromatic heterocycles. The topological polar surface area (TPSA) is 47.6 Å². The average molecular weight is 552 g/mol. The van der Waals surface area contributed by atoms with Gasteiger partial charge in [0, 0.05) is 6.42 Å². The minimum Gasteiger partial charge on any atom is -0.461 e. The molecule has 0 heterocycles. The van der Waals surface area contributed by atoms with Crippen molar-refractivity contribution in [3.8, 4) is 5.75 Å². The summed E-state index contributed by atoms with van der Waals surface area (Å²) in [7, 11) is 0. The minimum atomic E-state index is -0.567. The summed E-state index contributed by atoms with van der Waals surface area (Å²) in [6.45, 7) is 4.53. The van der Waals surface area contributed by atoms with Crippen LogP contribution in [0.4, 0.5) is 0 Å². The van der Waals surface area contributed by atoms with E-state index in [-0.39, 0.29) is 12.1 Å². The van der Waals surface area contributed by atoms with E-state index in [1.165, 1.54) is 89.9 Å². The first-order valence-electron chi connectivity index (χ1n) is 16.4. The van der Waals surface area contributed by atoms with Crippen LogP contribution in [0.3, 0.4) is 0 Å². The highest BCUT2D eigenvalue weighted by Gasteiger charge is 2.25. The molecule has 40 heavy (non-hydrogen) atoms. The van der Waals surface area contributed by atoms with E-state index in [0.717, 1.165) is 31.2 Å². The van der Waals surface area contributed by atoms with Gasteiger partial charge in [0.2, 0.25) is 0 Å². The number of ether oxygens (including phenoxy) is 1. The highest BCUT2D eigenvalue weighted by molar-refractivity contribution is 5.76. The first-order chi connectivity index (χ1) is 19.7. The second-order valence-corrected chi connectivity index (χ2v) is 11.4. The van der Waals surface area contributed by atoms with Gasteiger partial charge in [0.05, 0.1) is 0 Å². The van der Waals surface area contributed by atoms with Crippen molar-refractivity contribution in [3.05, 3.63) is 66.2 Å². The van der Waals surface area contributed by atoms with Crippen molar-refractivity contribution in [2.24, 2.45) is 0 Å². The number of rotatable bonds is 25. The Morgan fingerprint density at radius 1 is 0.625 bits per heavy atom. The zero-order chi connectivity index (χ0) is 28.5. The van der Waals surface area contributed by atoms with Crippen LogP contribution in [0.25, 0.3) is 0 Å². The van der Waals surface area contributed by atoms with Gasteiger partial charge < -0.3 is 9.57 Å². The molecule has 2 rings (SSSR count). The Morgan fingerprint density at radius 3 is 1.57 bits per heavy atom. The fraction of sp³-hybridized carbons (Fsp3) is 0.639. The third-order valence-electron chi connectivity index (χ3n) is 7.67. The molecule has 0 spiro atoms. The van der Waals surface area contributed by atoms with E-state index >= 15 is 0 Å². The number of para-hydroxylation sites is 1. The van der Waals surface area contributed by atoms with Crippen LogP contribution in [0, 0.1) is 0 Å². The van der Waals surface area contributed by atoms with E-state index in [1.54, 1.807) is 0 Å². The molecule has 0 aliphatic carbocycles. The van der Waals surface area contributed by atoms with Crippen LogP contribution in [0.5, 0.6) is 5.75 Å². The molecule has 1 atom stereocenters. The van der Waals surface area contributed by atoms with Crippen molar-refractivity contribution in [2.75, 3.05) is 0 Å². The smallest absolute Gasteiger partial charge is 0.327 e. The fourth-order valence-electron chi connectivity index (χ4n) is 5.17. The van der Waals surface area contributed by atoms with Gasteiger partial charge >= 0.3 is 5.97 Å². The van der Waals surface area contributed by atoms with E-state index in [1.807, 2.05) is 60.7 Å². The molecule has 4 nitrogen and oxygen atoms in total. The second kappa shape index (κ2) is 23.4. The number of unbranched alkanes of at least 4 members (excludes halogenated alkanes) is 14. The Labute approximate surface area is 245 Å². The van der Waals surface area contributed by atoms with Gasteiger partial charge in [-0.15, -0.1) is 5.48 Å². The quantitative estimate of drug-likeness (QED) is 0.0757. The van der Waals surface area contributed by atoms with E-state index < -0.39 is 6.04 Å². The van der Waals surface area contributed by atoms with Crippen LogP contribution in [-0.4, -0.2) is 18.1 Å². The minimum absolute atomic E-state index is 0.0236. The van der Waals surface area contributed by atoms with Gasteiger partial charge in [0.25, 0.3) is 0 Å². The fourth-order valence-corrected chi connectivity index (χ4v) is 5.17. The highest BCUT2D eigenvalue weighted by Crippen LogP contribution is 2.19. The molecule has 4 heteroatoms. The first kappa shape index (κ1) is 33.9. The lowest BCUT2D eigenvalue weighted by Gasteiger charge is -2.23. The average Bonchev–Trinajstić information content (AvgIpc) is 2.98. The monoisotopic (exact) mass is 551 g/mol. The van der Waals surface area contributed by atoms with Crippen molar-refractivity contribution in [1.29, 1.82) is 0 Å². The summed E-state index contributed by atoms with van der Waals surface area (Å²) in [5.41, 5.74) is 4.10. The van der Waals surface area contributed by atoms with Crippen LogP contribution in [0.1, 0.15) is 135 Å². The Morgan fingerprint density at radius 2 is 1.07 bits per heavy atom. The predicted octanol–water partition coefficient (Wildman–Crippen LogP) is 10.2. The lowest BCUT2D eigenvalue weighted by Crippen LogP contribution is -2.43. The molecule has 2 aromatic carbocycles. The van der Waals surface area contributed by atoms with Crippen LogP contribution in [0.2, 0.25) is 0 Å². The molecule has 0 aliphatic rings. The lowest BCUT2D eigenvalue weighted by molar-refractivity contribution is -0.154. The summed E-state index contributed by atoms with van der Waals surface area (Å²) in [5, 5.41) is 0. The Hall–Kier alpha value is -2.33. The number of hydrogen-bond acceptors (Lipinski definition) is 4. The van der Waals surface area contributed by atoms with Gasteiger partial charge in [-0.3, -0.25) is 4.79 Å². The van der Waals surface area contributed by atoms with Gasteiger partial charge in [-0.25, -0.2) is 0 Å². The number of esters is 1. The van der Waals surface area contributed by atoms with Gasteiger partial charge in [-0.1, -0.05) is 152 Å². The van der Waals surface area contributed by atoms with Crippen molar-refractivity contribution in [2.45, 2.75) is 148 Å². The maximum atomic E-state index is 13.5. The van der Waals surface area contributed by atoms with Crippen LogP contribution in [-0.2, 0) is 16.0 Å². The maximum absolute atomic E-state index is 13.5. The summed E-state index contributed by atoms with van der Waals surface area (Å²) in [5.74, 6) is 0.465. The number of hydroxylamine groups is 1. The largest absolute Gasteiger partial charge is 0.461 e.